The molecule has 2 aliphatic heterocycles. The van der Waals surface area contributed by atoms with E-state index in [9.17, 15) is 8.78 Å². The maximum Gasteiger partial charge on any atom is 0.149 e. The summed E-state index contributed by atoms with van der Waals surface area (Å²) in [6.45, 7) is 6.98. The molecule has 0 spiro atoms. The van der Waals surface area contributed by atoms with Crippen LogP contribution in [0, 0.1) is 23.0 Å². The van der Waals surface area contributed by atoms with E-state index in [1.54, 1.807) is 6.07 Å². The molecule has 1 saturated carbocycles. The summed E-state index contributed by atoms with van der Waals surface area (Å²) < 4.78 is 32.9. The highest BCUT2D eigenvalue weighted by Gasteiger charge is 2.59. The molecule has 2 saturated heterocycles. The van der Waals surface area contributed by atoms with Gasteiger partial charge in [-0.05, 0) is 25.0 Å². The standard InChI is InChI=1S/C18H24F2N2O/c1-18(2)16(13-6-8-23-17(13)18)21-12-5-7-22(10-12)15-4-3-11(19)9-14(15)20/h3-4,9,12-13,16-17,21H,5-8,10H2,1-2H3/t12-,13+,16-,17+/m1/s1. The summed E-state index contributed by atoms with van der Waals surface area (Å²) in [7, 11) is 0. The molecule has 4 atom stereocenters. The predicted molar refractivity (Wildman–Crippen MR) is 85.5 cm³/mol. The number of nitrogens with zero attached hydrogens (tertiary/aromatic N) is 1. The summed E-state index contributed by atoms with van der Waals surface area (Å²) in [5.41, 5.74) is 0.668. The summed E-state index contributed by atoms with van der Waals surface area (Å²) in [5, 5.41) is 3.79. The highest BCUT2D eigenvalue weighted by atomic mass is 19.1. The molecular formula is C18H24F2N2O. The zero-order valence-electron chi connectivity index (χ0n) is 13.7. The van der Waals surface area contributed by atoms with Gasteiger partial charge in [0.05, 0.1) is 11.8 Å². The number of hydrogen-bond acceptors (Lipinski definition) is 3. The Labute approximate surface area is 136 Å². The SMILES string of the molecule is CC1(C)[C@H](N[C@@H]2CCN(c3ccc(F)cc3F)C2)[C@@H]2CCO[C@@H]21. The molecule has 4 rings (SSSR count). The van der Waals surface area contributed by atoms with Crippen molar-refractivity contribution in [2.45, 2.75) is 44.9 Å². The van der Waals surface area contributed by atoms with Gasteiger partial charge in [0.25, 0.3) is 0 Å². The molecule has 126 valence electrons. The van der Waals surface area contributed by atoms with E-state index in [4.69, 9.17) is 4.74 Å². The van der Waals surface area contributed by atoms with E-state index in [0.717, 1.165) is 38.6 Å². The first-order valence-corrected chi connectivity index (χ1v) is 8.54. The first kappa shape index (κ1) is 15.3. The Kier molecular flexibility index (Phi) is 3.61. The lowest BCUT2D eigenvalue weighted by molar-refractivity contribution is -0.114. The minimum Gasteiger partial charge on any atom is -0.377 e. The normalized spacial score (nSPS) is 35.2. The number of hydrogen-bond donors (Lipinski definition) is 1. The van der Waals surface area contributed by atoms with Gasteiger partial charge in [-0.3, -0.25) is 0 Å². The van der Waals surface area contributed by atoms with E-state index in [1.165, 1.54) is 6.07 Å². The van der Waals surface area contributed by atoms with Gasteiger partial charge in [-0.1, -0.05) is 13.8 Å². The monoisotopic (exact) mass is 322 g/mol. The molecule has 3 fully saturated rings. The average molecular weight is 322 g/mol. The molecule has 1 aromatic carbocycles. The molecule has 3 nitrogen and oxygen atoms in total. The smallest absolute Gasteiger partial charge is 0.149 e. The molecule has 5 heteroatoms. The maximum absolute atomic E-state index is 13.9. The average Bonchev–Trinajstić information content (AvgIpc) is 3.12. The Morgan fingerprint density at radius 1 is 1.26 bits per heavy atom. The number of ether oxygens (including phenoxy) is 1. The summed E-state index contributed by atoms with van der Waals surface area (Å²) >= 11 is 0. The van der Waals surface area contributed by atoms with Crippen LogP contribution in [0.5, 0.6) is 0 Å². The van der Waals surface area contributed by atoms with Crippen molar-refractivity contribution < 1.29 is 13.5 Å². The van der Waals surface area contributed by atoms with Crippen LogP contribution in [0.15, 0.2) is 18.2 Å². The zero-order valence-corrected chi connectivity index (χ0v) is 13.7. The van der Waals surface area contributed by atoms with Crippen LogP contribution in [0.4, 0.5) is 14.5 Å². The van der Waals surface area contributed by atoms with Gasteiger partial charge in [-0.2, -0.15) is 0 Å². The van der Waals surface area contributed by atoms with E-state index in [0.29, 0.717) is 29.8 Å². The van der Waals surface area contributed by atoms with E-state index >= 15 is 0 Å². The minimum atomic E-state index is -0.524. The Hall–Kier alpha value is -1.20. The lowest BCUT2D eigenvalue weighted by Crippen LogP contribution is -2.67. The third-order valence-corrected chi connectivity index (χ3v) is 5.95. The van der Waals surface area contributed by atoms with Crippen molar-refractivity contribution >= 4 is 5.69 Å². The van der Waals surface area contributed by atoms with Crippen molar-refractivity contribution in [3.05, 3.63) is 29.8 Å². The fourth-order valence-electron chi connectivity index (χ4n) is 4.77. The second-order valence-corrected chi connectivity index (χ2v) is 7.74. The lowest BCUT2D eigenvalue weighted by Gasteiger charge is -2.55. The molecule has 1 aromatic rings. The molecule has 3 aliphatic rings. The first-order valence-electron chi connectivity index (χ1n) is 8.54. The third-order valence-electron chi connectivity index (χ3n) is 5.95. The summed E-state index contributed by atoms with van der Waals surface area (Å²) in [5.74, 6) is -0.385. The zero-order chi connectivity index (χ0) is 16.2. The number of nitrogens with one attached hydrogen (secondary N) is 1. The van der Waals surface area contributed by atoms with Crippen LogP contribution in [0.2, 0.25) is 0 Å². The number of benzene rings is 1. The first-order chi connectivity index (χ1) is 11.0. The molecule has 0 amide bonds. The molecular weight excluding hydrogens is 298 g/mol. The van der Waals surface area contributed by atoms with Crippen LogP contribution in [0.3, 0.4) is 0 Å². The van der Waals surface area contributed by atoms with Gasteiger partial charge in [0.2, 0.25) is 0 Å². The van der Waals surface area contributed by atoms with Gasteiger partial charge in [-0.25, -0.2) is 8.78 Å². The number of halogens is 2. The number of rotatable bonds is 3. The van der Waals surface area contributed by atoms with Gasteiger partial charge in [0.1, 0.15) is 11.6 Å². The largest absolute Gasteiger partial charge is 0.377 e. The van der Waals surface area contributed by atoms with Crippen molar-refractivity contribution in [2.75, 3.05) is 24.6 Å². The van der Waals surface area contributed by atoms with Crippen molar-refractivity contribution in [1.29, 1.82) is 0 Å². The summed E-state index contributed by atoms with van der Waals surface area (Å²) in [6, 6.07) is 4.66. The Morgan fingerprint density at radius 2 is 2.09 bits per heavy atom. The highest BCUT2D eigenvalue weighted by molar-refractivity contribution is 5.49. The van der Waals surface area contributed by atoms with Crippen molar-refractivity contribution in [1.82, 2.24) is 5.32 Å². The Bertz CT molecular complexity index is 607. The van der Waals surface area contributed by atoms with E-state index in [2.05, 4.69) is 19.2 Å². The molecule has 1 aliphatic carbocycles. The fraction of sp³-hybridized carbons (Fsp3) is 0.667. The molecule has 1 N–H and O–H groups in total. The number of fused-ring (bicyclic) bond motifs is 1. The quantitative estimate of drug-likeness (QED) is 0.926. The molecule has 23 heavy (non-hydrogen) atoms. The van der Waals surface area contributed by atoms with Crippen LogP contribution in [0.25, 0.3) is 0 Å². The van der Waals surface area contributed by atoms with E-state index in [-0.39, 0.29) is 5.41 Å². The van der Waals surface area contributed by atoms with Gasteiger partial charge in [0, 0.05) is 49.2 Å². The second kappa shape index (κ2) is 5.42. The minimum absolute atomic E-state index is 0.162. The fourth-order valence-corrected chi connectivity index (χ4v) is 4.77. The van der Waals surface area contributed by atoms with Gasteiger partial charge >= 0.3 is 0 Å². The van der Waals surface area contributed by atoms with Crippen molar-refractivity contribution in [3.63, 3.8) is 0 Å². The molecule has 0 radical (unpaired) electrons. The van der Waals surface area contributed by atoms with Crippen LogP contribution in [0.1, 0.15) is 26.7 Å². The lowest BCUT2D eigenvalue weighted by atomic mass is 9.57. The van der Waals surface area contributed by atoms with Gasteiger partial charge in [0.15, 0.2) is 0 Å². The maximum atomic E-state index is 13.9. The Morgan fingerprint density at radius 3 is 2.87 bits per heavy atom. The van der Waals surface area contributed by atoms with Crippen molar-refractivity contribution in [2.24, 2.45) is 11.3 Å². The molecule has 2 heterocycles. The van der Waals surface area contributed by atoms with Crippen molar-refractivity contribution in [3.8, 4) is 0 Å². The van der Waals surface area contributed by atoms with E-state index < -0.39 is 11.6 Å². The third kappa shape index (κ3) is 2.45. The van der Waals surface area contributed by atoms with Crippen LogP contribution in [-0.2, 0) is 4.74 Å². The predicted octanol–water partition coefficient (Wildman–Crippen LogP) is 2.95. The summed E-state index contributed by atoms with van der Waals surface area (Å²) in [4.78, 5) is 2.01. The van der Waals surface area contributed by atoms with Crippen LogP contribution >= 0.6 is 0 Å². The summed E-state index contributed by atoms with van der Waals surface area (Å²) in [6.07, 6.45) is 2.50. The second-order valence-electron chi connectivity index (χ2n) is 7.74. The van der Waals surface area contributed by atoms with Crippen LogP contribution < -0.4 is 10.2 Å². The van der Waals surface area contributed by atoms with Crippen LogP contribution in [-0.4, -0.2) is 37.9 Å². The Balaban J connectivity index is 1.41. The molecule has 0 bridgehead atoms. The topological polar surface area (TPSA) is 24.5 Å². The highest BCUT2D eigenvalue weighted by Crippen LogP contribution is 2.52. The molecule has 0 aromatic heterocycles. The van der Waals surface area contributed by atoms with Gasteiger partial charge in [-0.15, -0.1) is 0 Å². The van der Waals surface area contributed by atoms with Gasteiger partial charge < -0.3 is 15.0 Å². The van der Waals surface area contributed by atoms with E-state index in [1.807, 2.05) is 4.90 Å². The number of anilines is 1. The molecule has 0 unspecified atom stereocenters.